The fourth-order valence-corrected chi connectivity index (χ4v) is 2.67. The van der Waals surface area contributed by atoms with E-state index in [4.69, 9.17) is 4.52 Å². The number of rotatable bonds is 11. The first kappa shape index (κ1) is 24.2. The van der Waals surface area contributed by atoms with Crippen molar-refractivity contribution in [3.63, 3.8) is 0 Å². The van der Waals surface area contributed by atoms with Gasteiger partial charge in [-0.3, -0.25) is 0 Å². The number of aromatic nitrogens is 1. The second-order valence-electron chi connectivity index (χ2n) is 5.88. The van der Waals surface area contributed by atoms with Crippen LogP contribution >= 0.6 is 24.0 Å². The molecule has 1 aromatic heterocycles. The normalized spacial score (nSPS) is 11.7. The number of hydrogen-bond acceptors (Lipinski definition) is 4. The fourth-order valence-electron chi connectivity index (χ4n) is 2.67. The molecule has 0 fully saturated rings. The van der Waals surface area contributed by atoms with E-state index in [1.807, 2.05) is 6.07 Å². The summed E-state index contributed by atoms with van der Waals surface area (Å²) in [5.74, 6) is 2.12. The van der Waals surface area contributed by atoms with Crippen LogP contribution in [0.4, 0.5) is 0 Å². The van der Waals surface area contributed by atoms with E-state index < -0.39 is 0 Å². The highest BCUT2D eigenvalue weighted by Gasteiger charge is 2.12. The lowest BCUT2D eigenvalue weighted by Crippen LogP contribution is -2.41. The van der Waals surface area contributed by atoms with E-state index in [0.29, 0.717) is 12.5 Å². The van der Waals surface area contributed by atoms with Crippen LogP contribution < -0.4 is 10.6 Å². The van der Waals surface area contributed by atoms with Gasteiger partial charge in [-0.1, -0.05) is 32.9 Å². The number of likely N-dealkylation sites (N-methyl/N-ethyl adjacent to an activating group) is 1. The molecule has 0 amide bonds. The largest absolute Gasteiger partial charge is 0.359 e. The average Bonchev–Trinajstić information content (AvgIpc) is 3.06. The van der Waals surface area contributed by atoms with Gasteiger partial charge in [-0.15, -0.1) is 24.0 Å². The third-order valence-electron chi connectivity index (χ3n) is 4.33. The summed E-state index contributed by atoms with van der Waals surface area (Å²) in [5, 5.41) is 10.8. The molecule has 1 aromatic rings. The molecule has 0 radical (unpaired) electrons. The fraction of sp³-hybridized carbons (Fsp3) is 0.778. The maximum atomic E-state index is 5.43. The summed E-state index contributed by atoms with van der Waals surface area (Å²) in [6, 6.07) is 2.04. The minimum absolute atomic E-state index is 0. The first-order valence-electron chi connectivity index (χ1n) is 9.38. The zero-order valence-electron chi connectivity index (χ0n) is 16.5. The van der Waals surface area contributed by atoms with E-state index in [2.05, 4.69) is 60.3 Å². The number of aliphatic imine (C=N–C) groups is 1. The first-order valence-corrected chi connectivity index (χ1v) is 9.38. The number of nitrogens with one attached hydrogen (secondary N) is 2. The number of halogens is 1. The highest BCUT2D eigenvalue weighted by Crippen LogP contribution is 2.22. The van der Waals surface area contributed by atoms with Gasteiger partial charge in [-0.2, -0.15) is 0 Å². The molecule has 7 heteroatoms. The Bertz CT molecular complexity index is 470. The Balaban J connectivity index is 0.00000576. The molecule has 1 rings (SSSR count). The van der Waals surface area contributed by atoms with Gasteiger partial charge in [0.05, 0.1) is 5.69 Å². The van der Waals surface area contributed by atoms with E-state index >= 15 is 0 Å². The highest BCUT2D eigenvalue weighted by atomic mass is 127. The third kappa shape index (κ3) is 8.89. The molecule has 0 aromatic carbocycles. The molecule has 0 atom stereocenters. The molecule has 0 spiro atoms. The Morgan fingerprint density at radius 3 is 2.40 bits per heavy atom. The molecular formula is C18H36IN5O. The van der Waals surface area contributed by atoms with Gasteiger partial charge in [-0.05, 0) is 32.9 Å². The van der Waals surface area contributed by atoms with Crippen molar-refractivity contribution < 1.29 is 4.52 Å². The van der Waals surface area contributed by atoms with Crippen LogP contribution in [0, 0.1) is 0 Å². The zero-order valence-corrected chi connectivity index (χ0v) is 18.8. The Kier molecular flexibility index (Phi) is 13.9. The summed E-state index contributed by atoms with van der Waals surface area (Å²) in [6.45, 7) is 16.2. The number of nitrogens with zero attached hydrogens (tertiary/aromatic N) is 3. The predicted octanol–water partition coefficient (Wildman–Crippen LogP) is 3.59. The number of guanidine groups is 1. The molecule has 25 heavy (non-hydrogen) atoms. The van der Waals surface area contributed by atoms with Gasteiger partial charge in [0.15, 0.2) is 11.7 Å². The van der Waals surface area contributed by atoms with Gasteiger partial charge < -0.3 is 20.1 Å². The first-order chi connectivity index (χ1) is 11.7. The van der Waals surface area contributed by atoms with E-state index in [0.717, 1.165) is 63.0 Å². The predicted molar refractivity (Wildman–Crippen MR) is 116 cm³/mol. The van der Waals surface area contributed by atoms with Gasteiger partial charge in [0.2, 0.25) is 0 Å². The van der Waals surface area contributed by atoms with Crippen LogP contribution in [-0.4, -0.2) is 48.7 Å². The average molecular weight is 465 g/mol. The molecule has 146 valence electrons. The summed E-state index contributed by atoms with van der Waals surface area (Å²) in [5.41, 5.74) is 1.05. The van der Waals surface area contributed by atoms with Crippen molar-refractivity contribution in [1.29, 1.82) is 0 Å². The Morgan fingerprint density at radius 2 is 1.84 bits per heavy atom. The van der Waals surface area contributed by atoms with Gasteiger partial charge in [0.1, 0.15) is 6.54 Å². The Morgan fingerprint density at radius 1 is 1.16 bits per heavy atom. The summed E-state index contributed by atoms with van der Waals surface area (Å²) >= 11 is 0. The minimum atomic E-state index is 0. The summed E-state index contributed by atoms with van der Waals surface area (Å²) < 4.78 is 5.43. The SMILES string of the molecule is CCNC(=NCc1cc(C(CC)CC)no1)NCCN(CC)CC.I. The van der Waals surface area contributed by atoms with Gasteiger partial charge in [0.25, 0.3) is 0 Å². The molecule has 0 aliphatic carbocycles. The standard InChI is InChI=1S/C18H35N5O.HI/c1-6-15(7-2)17-13-16(24-22-17)14-21-18(19-8-3)20-11-12-23(9-4)10-5;/h13,15H,6-12,14H2,1-5H3,(H2,19,20,21);1H. The Labute approximate surface area is 170 Å². The summed E-state index contributed by atoms with van der Waals surface area (Å²) in [6.07, 6.45) is 2.17. The topological polar surface area (TPSA) is 65.7 Å². The van der Waals surface area contributed by atoms with E-state index in [-0.39, 0.29) is 24.0 Å². The molecule has 0 aliphatic rings. The molecular weight excluding hydrogens is 429 g/mol. The minimum Gasteiger partial charge on any atom is -0.359 e. The maximum Gasteiger partial charge on any atom is 0.191 e. The quantitative estimate of drug-likeness (QED) is 0.297. The second-order valence-corrected chi connectivity index (χ2v) is 5.88. The van der Waals surface area contributed by atoms with Gasteiger partial charge >= 0.3 is 0 Å². The van der Waals surface area contributed by atoms with Crippen LogP contribution in [0.15, 0.2) is 15.6 Å². The molecule has 1 heterocycles. The highest BCUT2D eigenvalue weighted by molar-refractivity contribution is 14.0. The molecule has 0 unspecified atom stereocenters. The van der Waals surface area contributed by atoms with Crippen molar-refractivity contribution in [3.8, 4) is 0 Å². The zero-order chi connectivity index (χ0) is 17.8. The van der Waals surface area contributed by atoms with Crippen LogP contribution in [0.5, 0.6) is 0 Å². The lowest BCUT2D eigenvalue weighted by Gasteiger charge is -2.19. The maximum absolute atomic E-state index is 5.43. The Hall–Kier alpha value is -0.830. The van der Waals surface area contributed by atoms with Gasteiger partial charge in [0, 0.05) is 31.6 Å². The van der Waals surface area contributed by atoms with Crippen LogP contribution in [0.2, 0.25) is 0 Å². The number of hydrogen-bond donors (Lipinski definition) is 2. The van der Waals surface area contributed by atoms with Crippen LogP contribution in [0.25, 0.3) is 0 Å². The van der Waals surface area contributed by atoms with Crippen molar-refractivity contribution in [2.45, 2.75) is 59.9 Å². The second kappa shape index (κ2) is 14.4. The van der Waals surface area contributed by atoms with Crippen LogP contribution in [-0.2, 0) is 6.54 Å². The lowest BCUT2D eigenvalue weighted by atomic mass is 9.99. The molecule has 0 aliphatic heterocycles. The van der Waals surface area contributed by atoms with Gasteiger partial charge in [-0.25, -0.2) is 4.99 Å². The smallest absolute Gasteiger partial charge is 0.191 e. The molecule has 0 saturated heterocycles. The van der Waals surface area contributed by atoms with Crippen molar-refractivity contribution >= 4 is 29.9 Å². The van der Waals surface area contributed by atoms with E-state index in [1.54, 1.807) is 0 Å². The van der Waals surface area contributed by atoms with Crippen molar-refractivity contribution in [2.24, 2.45) is 4.99 Å². The third-order valence-corrected chi connectivity index (χ3v) is 4.33. The van der Waals surface area contributed by atoms with E-state index in [1.165, 1.54) is 0 Å². The monoisotopic (exact) mass is 465 g/mol. The summed E-state index contributed by atoms with van der Waals surface area (Å²) in [7, 11) is 0. The van der Waals surface area contributed by atoms with E-state index in [9.17, 15) is 0 Å². The van der Waals surface area contributed by atoms with Crippen molar-refractivity contribution in [1.82, 2.24) is 20.7 Å². The van der Waals surface area contributed by atoms with Crippen LogP contribution in [0.3, 0.4) is 0 Å². The van der Waals surface area contributed by atoms with Crippen molar-refractivity contribution in [2.75, 3.05) is 32.7 Å². The molecule has 6 nitrogen and oxygen atoms in total. The summed E-state index contributed by atoms with van der Waals surface area (Å²) in [4.78, 5) is 6.98. The lowest BCUT2D eigenvalue weighted by molar-refractivity contribution is 0.308. The molecule has 0 bridgehead atoms. The molecule has 2 N–H and O–H groups in total. The van der Waals surface area contributed by atoms with Crippen LogP contribution in [0.1, 0.15) is 64.8 Å². The van der Waals surface area contributed by atoms with Crippen molar-refractivity contribution in [3.05, 3.63) is 17.5 Å². The molecule has 0 saturated carbocycles.